The van der Waals surface area contributed by atoms with E-state index in [0.717, 1.165) is 0 Å². The number of sulfonamides is 2. The van der Waals surface area contributed by atoms with Gasteiger partial charge in [0.15, 0.2) is 0 Å². The Labute approximate surface area is 131 Å². The number of rotatable bonds is 7. The van der Waals surface area contributed by atoms with Gasteiger partial charge < -0.3 is 9.64 Å². The van der Waals surface area contributed by atoms with E-state index >= 15 is 0 Å². The number of hydrogen-bond acceptors (Lipinski definition) is 6. The van der Waals surface area contributed by atoms with Crippen LogP contribution in [0.3, 0.4) is 0 Å². The summed E-state index contributed by atoms with van der Waals surface area (Å²) in [6.45, 7) is 4.19. The van der Waals surface area contributed by atoms with Gasteiger partial charge in [0.2, 0.25) is 20.0 Å². The Morgan fingerprint density at radius 2 is 1.68 bits per heavy atom. The van der Waals surface area contributed by atoms with Crippen molar-refractivity contribution in [2.45, 2.75) is 13.8 Å². The molecular weight excluding hydrogens is 334 g/mol. The molecule has 0 bridgehead atoms. The topological polar surface area (TPSA) is 113 Å². The van der Waals surface area contributed by atoms with Crippen molar-refractivity contribution in [3.05, 3.63) is 0 Å². The van der Waals surface area contributed by atoms with Crippen molar-refractivity contribution in [1.29, 1.82) is 0 Å². The van der Waals surface area contributed by atoms with E-state index in [-0.39, 0.29) is 50.8 Å². The molecule has 0 radical (unpaired) electrons. The van der Waals surface area contributed by atoms with Gasteiger partial charge in [-0.3, -0.25) is 0 Å². The van der Waals surface area contributed by atoms with Crippen LogP contribution < -0.4 is 4.72 Å². The molecule has 0 unspecified atom stereocenters. The zero-order chi connectivity index (χ0) is 16.8. The number of hydrogen-bond donors (Lipinski definition) is 1. The fourth-order valence-electron chi connectivity index (χ4n) is 1.92. The van der Waals surface area contributed by atoms with Gasteiger partial charge in [0.05, 0.1) is 18.1 Å². The van der Waals surface area contributed by atoms with Gasteiger partial charge in [0, 0.05) is 32.7 Å². The van der Waals surface area contributed by atoms with Crippen LogP contribution in [0.25, 0.3) is 0 Å². The van der Waals surface area contributed by atoms with Crippen molar-refractivity contribution in [2.24, 2.45) is 0 Å². The van der Waals surface area contributed by atoms with E-state index in [4.69, 9.17) is 4.74 Å². The van der Waals surface area contributed by atoms with Crippen LogP contribution in [0, 0.1) is 0 Å². The molecule has 0 aliphatic carbocycles. The smallest absolute Gasteiger partial charge is 0.409 e. The number of nitrogens with one attached hydrogen (secondary N) is 1. The highest BCUT2D eigenvalue weighted by molar-refractivity contribution is 7.90. The average Bonchev–Trinajstić information content (AvgIpc) is 2.47. The molecule has 1 saturated heterocycles. The van der Waals surface area contributed by atoms with Crippen LogP contribution in [0.15, 0.2) is 0 Å². The molecule has 1 rings (SSSR count). The van der Waals surface area contributed by atoms with Crippen LogP contribution in [-0.4, -0.2) is 83.0 Å². The lowest BCUT2D eigenvalue weighted by Crippen LogP contribution is -2.51. The Balaban J connectivity index is 2.47. The molecule has 1 amide bonds. The summed E-state index contributed by atoms with van der Waals surface area (Å²) in [5, 5.41) is 0. The number of carbonyl (C=O) groups is 1. The molecule has 1 aliphatic rings. The summed E-state index contributed by atoms with van der Waals surface area (Å²) in [6.07, 6.45) is -0.449. The summed E-state index contributed by atoms with van der Waals surface area (Å²) < 4.78 is 55.1. The molecule has 130 valence electrons. The number of amides is 1. The van der Waals surface area contributed by atoms with Gasteiger partial charge in [-0.15, -0.1) is 0 Å². The largest absolute Gasteiger partial charge is 0.450 e. The first-order valence-electron chi connectivity index (χ1n) is 7.08. The molecule has 22 heavy (non-hydrogen) atoms. The maximum atomic E-state index is 12.1. The minimum atomic E-state index is -3.55. The zero-order valence-electron chi connectivity index (χ0n) is 12.8. The first-order valence-corrected chi connectivity index (χ1v) is 10.3. The van der Waals surface area contributed by atoms with Gasteiger partial charge in [-0.05, 0) is 13.8 Å². The van der Waals surface area contributed by atoms with Crippen molar-refractivity contribution < 1.29 is 26.4 Å². The molecular formula is C11H23N3O6S2. The fourth-order valence-corrected chi connectivity index (χ4v) is 4.01. The van der Waals surface area contributed by atoms with Gasteiger partial charge >= 0.3 is 6.09 Å². The minimum absolute atomic E-state index is 0.0920. The summed E-state index contributed by atoms with van der Waals surface area (Å²) in [7, 11) is -6.95. The first-order chi connectivity index (χ1) is 10.2. The molecule has 0 aromatic heterocycles. The first kappa shape index (κ1) is 19.1. The molecule has 0 atom stereocenters. The second-order valence-electron chi connectivity index (χ2n) is 4.70. The number of ether oxygens (including phenoxy) is 1. The quantitative estimate of drug-likeness (QED) is 0.627. The van der Waals surface area contributed by atoms with E-state index < -0.39 is 26.1 Å². The molecule has 1 fully saturated rings. The lowest BCUT2D eigenvalue weighted by atomic mass is 10.4. The van der Waals surface area contributed by atoms with Crippen molar-refractivity contribution in [3.8, 4) is 0 Å². The second kappa shape index (κ2) is 8.09. The van der Waals surface area contributed by atoms with Gasteiger partial charge in [-0.2, -0.15) is 4.31 Å². The molecule has 1 heterocycles. The van der Waals surface area contributed by atoms with E-state index in [1.807, 2.05) is 0 Å². The van der Waals surface area contributed by atoms with Gasteiger partial charge in [0.1, 0.15) is 0 Å². The Morgan fingerprint density at radius 3 is 2.18 bits per heavy atom. The van der Waals surface area contributed by atoms with E-state index in [2.05, 4.69) is 4.72 Å². The Bertz CT molecular complexity index is 567. The maximum Gasteiger partial charge on any atom is 0.409 e. The van der Waals surface area contributed by atoms with Crippen LogP contribution >= 0.6 is 0 Å². The number of nitrogens with zero attached hydrogens (tertiary/aromatic N) is 2. The second-order valence-corrected chi connectivity index (χ2v) is 8.88. The van der Waals surface area contributed by atoms with Crippen LogP contribution in [-0.2, 0) is 24.8 Å². The van der Waals surface area contributed by atoms with E-state index in [1.165, 1.54) is 16.1 Å². The Hall–Kier alpha value is -0.910. The molecule has 1 aliphatic heterocycles. The van der Waals surface area contributed by atoms with Crippen molar-refractivity contribution in [1.82, 2.24) is 13.9 Å². The standard InChI is InChI=1S/C11H23N3O6S2/c1-3-20-11(15)13-6-8-14(9-7-13)22(18,19)10-5-12-21(16,17)4-2/h12H,3-10H2,1-2H3. The van der Waals surface area contributed by atoms with Gasteiger partial charge in [-0.25, -0.2) is 26.4 Å². The highest BCUT2D eigenvalue weighted by atomic mass is 32.2. The summed E-state index contributed by atoms with van der Waals surface area (Å²) in [4.78, 5) is 13.0. The molecule has 1 N–H and O–H groups in total. The molecule has 11 heteroatoms. The van der Waals surface area contributed by atoms with E-state index in [9.17, 15) is 21.6 Å². The number of carbonyl (C=O) groups excluding carboxylic acids is 1. The lowest BCUT2D eigenvalue weighted by molar-refractivity contribution is 0.0934. The van der Waals surface area contributed by atoms with Crippen molar-refractivity contribution in [3.63, 3.8) is 0 Å². The van der Waals surface area contributed by atoms with Crippen molar-refractivity contribution in [2.75, 3.05) is 50.8 Å². The predicted octanol–water partition coefficient (Wildman–Crippen LogP) is -0.970. The minimum Gasteiger partial charge on any atom is -0.450 e. The predicted molar refractivity (Wildman–Crippen MR) is 81.4 cm³/mol. The molecule has 0 aromatic carbocycles. The molecule has 0 spiro atoms. The van der Waals surface area contributed by atoms with E-state index in [1.54, 1.807) is 6.92 Å². The summed E-state index contributed by atoms with van der Waals surface area (Å²) in [5.74, 6) is -0.392. The third kappa shape index (κ3) is 5.71. The lowest BCUT2D eigenvalue weighted by Gasteiger charge is -2.33. The highest BCUT2D eigenvalue weighted by Gasteiger charge is 2.29. The normalized spacial score (nSPS) is 17.5. The third-order valence-corrected chi connectivity index (χ3v) is 6.50. The Morgan fingerprint density at radius 1 is 1.09 bits per heavy atom. The average molecular weight is 357 g/mol. The van der Waals surface area contributed by atoms with Crippen molar-refractivity contribution >= 4 is 26.1 Å². The van der Waals surface area contributed by atoms with Crippen LogP contribution in [0.2, 0.25) is 0 Å². The van der Waals surface area contributed by atoms with Crippen LogP contribution in [0.1, 0.15) is 13.8 Å². The fraction of sp³-hybridized carbons (Fsp3) is 0.909. The van der Waals surface area contributed by atoms with E-state index in [0.29, 0.717) is 0 Å². The monoisotopic (exact) mass is 357 g/mol. The SMILES string of the molecule is CCOC(=O)N1CCN(S(=O)(=O)CCNS(=O)(=O)CC)CC1. The highest BCUT2D eigenvalue weighted by Crippen LogP contribution is 2.09. The molecule has 9 nitrogen and oxygen atoms in total. The van der Waals surface area contributed by atoms with Crippen LogP contribution in [0.5, 0.6) is 0 Å². The van der Waals surface area contributed by atoms with Crippen LogP contribution in [0.4, 0.5) is 4.79 Å². The molecule has 0 saturated carbocycles. The van der Waals surface area contributed by atoms with Gasteiger partial charge in [0.25, 0.3) is 0 Å². The maximum absolute atomic E-state index is 12.1. The third-order valence-electron chi connectivity index (χ3n) is 3.22. The van der Waals surface area contributed by atoms with Gasteiger partial charge in [-0.1, -0.05) is 0 Å². The summed E-state index contributed by atoms with van der Waals surface area (Å²) in [5.41, 5.74) is 0. The summed E-state index contributed by atoms with van der Waals surface area (Å²) >= 11 is 0. The molecule has 0 aromatic rings. The zero-order valence-corrected chi connectivity index (χ0v) is 14.5. The number of piperazine rings is 1. The Kier molecular flexibility index (Phi) is 7.03. The summed E-state index contributed by atoms with van der Waals surface area (Å²) in [6, 6.07) is 0.